The van der Waals surface area contributed by atoms with Crippen LogP contribution in [0, 0.1) is 20.8 Å². The highest BCUT2D eigenvalue weighted by Gasteiger charge is 2.18. The van der Waals surface area contributed by atoms with Crippen molar-refractivity contribution in [3.63, 3.8) is 0 Å². The molecule has 0 bridgehead atoms. The molecule has 3 aromatic rings. The molecule has 4 rings (SSSR count). The molecule has 0 spiro atoms. The summed E-state index contributed by atoms with van der Waals surface area (Å²) in [5.74, 6) is 0.505. The van der Waals surface area contributed by atoms with Crippen LogP contribution in [0.1, 0.15) is 29.2 Å². The van der Waals surface area contributed by atoms with Crippen LogP contribution in [0.4, 0.5) is 5.69 Å². The van der Waals surface area contributed by atoms with Crippen molar-refractivity contribution in [1.82, 2.24) is 4.68 Å². The average molecular weight is 447 g/mol. The maximum absolute atomic E-state index is 11.8. The topological polar surface area (TPSA) is 68.0 Å². The maximum Gasteiger partial charge on any atom is 0.262 e. The second-order valence-electron chi connectivity index (χ2n) is 8.09. The van der Waals surface area contributed by atoms with Crippen LogP contribution in [-0.2, 0) is 4.79 Å². The Bertz CT molecular complexity index is 1290. The molecule has 2 aromatic carbocycles. The van der Waals surface area contributed by atoms with Crippen molar-refractivity contribution >= 4 is 29.1 Å². The zero-order valence-electron chi connectivity index (χ0n) is 18.7. The van der Waals surface area contributed by atoms with Crippen molar-refractivity contribution < 1.29 is 9.53 Å². The van der Waals surface area contributed by atoms with Gasteiger partial charge in [-0.2, -0.15) is 5.10 Å². The summed E-state index contributed by atoms with van der Waals surface area (Å²) in [5, 5.41) is 9.72. The number of nitrogens with zero attached hydrogens (tertiary/aromatic N) is 3. The summed E-state index contributed by atoms with van der Waals surface area (Å²) in [4.78, 5) is 17.2. The number of rotatable bonds is 5. The van der Waals surface area contributed by atoms with Crippen LogP contribution in [0.15, 0.2) is 58.0 Å². The highest BCUT2D eigenvalue weighted by molar-refractivity contribution is 7.07. The third kappa shape index (κ3) is 4.57. The molecule has 0 fully saturated rings. The summed E-state index contributed by atoms with van der Waals surface area (Å²) >= 11 is 1.52. The Morgan fingerprint density at radius 3 is 2.72 bits per heavy atom. The molecule has 1 amide bonds. The van der Waals surface area contributed by atoms with E-state index >= 15 is 0 Å². The van der Waals surface area contributed by atoms with E-state index in [-0.39, 0.29) is 12.5 Å². The summed E-state index contributed by atoms with van der Waals surface area (Å²) in [7, 11) is 0. The Labute approximate surface area is 191 Å². The van der Waals surface area contributed by atoms with Gasteiger partial charge >= 0.3 is 0 Å². The van der Waals surface area contributed by atoms with Crippen molar-refractivity contribution in [2.45, 2.75) is 27.7 Å². The van der Waals surface area contributed by atoms with Crippen LogP contribution in [0.25, 0.3) is 11.3 Å². The van der Waals surface area contributed by atoms with Crippen molar-refractivity contribution in [2.75, 3.05) is 18.5 Å². The van der Waals surface area contributed by atoms with Gasteiger partial charge in [0.2, 0.25) is 4.80 Å². The fraction of sp³-hybridized carbons (Fsp3) is 0.240. The summed E-state index contributed by atoms with van der Waals surface area (Å²) in [6.07, 6.45) is 1.89. The summed E-state index contributed by atoms with van der Waals surface area (Å²) in [6.45, 7) is 12.8. The molecule has 1 aromatic heterocycles. The molecule has 1 aliphatic rings. The Kier molecular flexibility index (Phi) is 6.10. The zero-order valence-corrected chi connectivity index (χ0v) is 19.5. The molecule has 0 atom stereocenters. The molecular weight excluding hydrogens is 420 g/mol. The number of thiazole rings is 1. The number of nitrogens with one attached hydrogen (secondary N) is 1. The minimum atomic E-state index is -0.159. The van der Waals surface area contributed by atoms with Gasteiger partial charge in [-0.15, -0.1) is 11.3 Å². The number of carbonyl (C=O) groups is 1. The Hall–Kier alpha value is -3.45. The van der Waals surface area contributed by atoms with E-state index in [1.165, 1.54) is 28.0 Å². The van der Waals surface area contributed by atoms with E-state index in [0.717, 1.165) is 27.2 Å². The first-order chi connectivity index (χ1) is 15.3. The summed E-state index contributed by atoms with van der Waals surface area (Å²) in [6, 6.07) is 10.1. The summed E-state index contributed by atoms with van der Waals surface area (Å²) < 4.78 is 7.34. The molecule has 0 aliphatic carbocycles. The highest BCUT2D eigenvalue weighted by Crippen LogP contribution is 2.33. The largest absolute Gasteiger partial charge is 0.482 e. The van der Waals surface area contributed by atoms with Crippen LogP contribution in [0.2, 0.25) is 0 Å². The number of amides is 1. The predicted octanol–water partition coefficient (Wildman–Crippen LogP) is 4.83. The number of carbonyl (C=O) groups excluding carboxylic acids is 1. The number of fused-ring (bicyclic) bond motifs is 1. The van der Waals surface area contributed by atoms with Crippen LogP contribution in [0.5, 0.6) is 5.75 Å². The molecule has 1 N–H and O–H groups in total. The Balaban J connectivity index is 1.82. The minimum Gasteiger partial charge on any atom is -0.482 e. The Morgan fingerprint density at radius 2 is 2.00 bits per heavy atom. The average Bonchev–Trinajstić information content (AvgIpc) is 3.13. The molecule has 32 heavy (non-hydrogen) atoms. The predicted molar refractivity (Wildman–Crippen MR) is 131 cm³/mol. The van der Waals surface area contributed by atoms with E-state index in [2.05, 4.69) is 44.8 Å². The number of hydrogen-bond donors (Lipinski definition) is 1. The van der Waals surface area contributed by atoms with Crippen molar-refractivity contribution in [3.05, 3.63) is 74.9 Å². The molecular formula is C25H26N4O2S. The van der Waals surface area contributed by atoms with Crippen LogP contribution in [-0.4, -0.2) is 29.9 Å². The molecule has 0 saturated heterocycles. The molecule has 0 unspecified atom stereocenters. The van der Waals surface area contributed by atoms with E-state index in [9.17, 15) is 4.79 Å². The third-order valence-corrected chi connectivity index (χ3v) is 5.97. The lowest BCUT2D eigenvalue weighted by Crippen LogP contribution is -2.25. The first-order valence-electron chi connectivity index (χ1n) is 10.4. The second kappa shape index (κ2) is 8.96. The number of hydrogen-bond acceptors (Lipinski definition) is 5. The lowest BCUT2D eigenvalue weighted by Gasteiger charge is -2.18. The van der Waals surface area contributed by atoms with Gasteiger partial charge in [-0.3, -0.25) is 9.79 Å². The second-order valence-corrected chi connectivity index (χ2v) is 8.93. The molecule has 7 heteroatoms. The van der Waals surface area contributed by atoms with E-state index in [1.54, 1.807) is 0 Å². The molecule has 2 heterocycles. The normalized spacial score (nSPS) is 13.8. The van der Waals surface area contributed by atoms with Gasteiger partial charge < -0.3 is 10.1 Å². The van der Waals surface area contributed by atoms with Crippen LogP contribution in [0.3, 0.4) is 0 Å². The van der Waals surface area contributed by atoms with Crippen molar-refractivity contribution in [1.29, 1.82) is 0 Å². The van der Waals surface area contributed by atoms with Gasteiger partial charge in [0.1, 0.15) is 5.75 Å². The van der Waals surface area contributed by atoms with Gasteiger partial charge in [-0.1, -0.05) is 29.8 Å². The van der Waals surface area contributed by atoms with Gasteiger partial charge in [0.15, 0.2) is 6.61 Å². The first kappa shape index (κ1) is 21.8. The molecule has 164 valence electrons. The van der Waals surface area contributed by atoms with E-state index in [0.29, 0.717) is 18.0 Å². The minimum absolute atomic E-state index is 0.0360. The number of ether oxygens (including phenoxy) is 1. The number of anilines is 1. The number of aryl methyl sites for hydroxylation is 3. The SMILES string of the molecule is C=C(C)CN=c1scc(-c2ccc3c(c2)NC(=O)CO3)n1N=Cc1c(C)cc(C)cc1C. The molecule has 0 saturated carbocycles. The summed E-state index contributed by atoms with van der Waals surface area (Å²) in [5.41, 5.74) is 8.12. The van der Waals surface area contributed by atoms with Crippen molar-refractivity contribution in [2.24, 2.45) is 10.1 Å². The number of benzene rings is 2. The monoisotopic (exact) mass is 446 g/mol. The van der Waals surface area contributed by atoms with E-state index in [4.69, 9.17) is 14.8 Å². The molecule has 0 radical (unpaired) electrons. The smallest absolute Gasteiger partial charge is 0.262 e. The first-order valence-corrected chi connectivity index (χ1v) is 11.2. The molecule has 1 aliphatic heterocycles. The van der Waals surface area contributed by atoms with Crippen molar-refractivity contribution in [3.8, 4) is 17.0 Å². The van der Waals surface area contributed by atoms with Gasteiger partial charge in [0.05, 0.1) is 24.1 Å². The fourth-order valence-electron chi connectivity index (χ4n) is 3.67. The van der Waals surface area contributed by atoms with Gasteiger partial charge in [-0.05, 0) is 57.0 Å². The lowest BCUT2D eigenvalue weighted by atomic mass is 10.0. The Morgan fingerprint density at radius 1 is 1.25 bits per heavy atom. The third-order valence-electron chi connectivity index (χ3n) is 5.12. The zero-order chi connectivity index (χ0) is 22.8. The maximum atomic E-state index is 11.8. The lowest BCUT2D eigenvalue weighted by molar-refractivity contribution is -0.118. The van der Waals surface area contributed by atoms with Gasteiger partial charge in [0.25, 0.3) is 5.91 Å². The fourth-order valence-corrected chi connectivity index (χ4v) is 4.51. The van der Waals surface area contributed by atoms with Gasteiger partial charge in [-0.25, -0.2) is 4.68 Å². The van der Waals surface area contributed by atoms with Crippen LogP contribution < -0.4 is 14.9 Å². The van der Waals surface area contributed by atoms with E-state index < -0.39 is 0 Å². The number of aromatic nitrogens is 1. The molecule has 6 nitrogen and oxygen atoms in total. The van der Waals surface area contributed by atoms with Crippen LogP contribution >= 0.6 is 11.3 Å². The van der Waals surface area contributed by atoms with E-state index in [1.807, 2.05) is 41.4 Å². The van der Waals surface area contributed by atoms with Gasteiger partial charge in [0, 0.05) is 16.5 Å². The standard InChI is InChI=1S/C25H26N4O2S/c1-15(2)11-26-25-29(27-12-20-17(4)8-16(3)9-18(20)5)22(14-32-25)19-6-7-23-21(10-19)28-24(30)13-31-23/h6-10,12,14H,1,11,13H2,2-5H3,(H,28,30). The quantitative estimate of drug-likeness (QED) is 0.450. The highest BCUT2D eigenvalue weighted by atomic mass is 32.1.